The van der Waals surface area contributed by atoms with E-state index in [1.165, 1.54) is 24.0 Å². The highest BCUT2D eigenvalue weighted by Crippen LogP contribution is 2.29. The Balaban J connectivity index is 2.12. The molecule has 0 fully saturated rings. The lowest BCUT2D eigenvalue weighted by Crippen LogP contribution is -2.37. The number of sulfonamides is 1. The van der Waals surface area contributed by atoms with Gasteiger partial charge in [0, 0.05) is 20.0 Å². The maximum atomic E-state index is 13.0. The van der Waals surface area contributed by atoms with Crippen LogP contribution < -0.4 is 14.4 Å². The number of carbonyl (C=O) groups is 1. The summed E-state index contributed by atoms with van der Waals surface area (Å²) < 4.78 is 45.7. The Morgan fingerprint density at radius 1 is 1.15 bits per heavy atom. The number of nitrogens with zero attached hydrogens (tertiary/aromatic N) is 1. The molecule has 0 atom stereocenters. The maximum absolute atomic E-state index is 13.0. The van der Waals surface area contributed by atoms with Gasteiger partial charge in [-0.15, -0.1) is 0 Å². The first-order valence-electron chi connectivity index (χ1n) is 8.49. The summed E-state index contributed by atoms with van der Waals surface area (Å²) in [6, 6.07) is 11.6. The van der Waals surface area contributed by atoms with Crippen LogP contribution in [0.4, 0.5) is 10.1 Å². The highest BCUT2D eigenvalue weighted by molar-refractivity contribution is 7.89. The quantitative estimate of drug-likeness (QED) is 0.747. The van der Waals surface area contributed by atoms with Crippen LogP contribution in [0.25, 0.3) is 0 Å². The fraction of sp³-hybridized carbons (Fsp3) is 0.316. The number of halogens is 1. The van der Waals surface area contributed by atoms with Crippen LogP contribution in [0, 0.1) is 5.82 Å². The van der Waals surface area contributed by atoms with Crippen LogP contribution in [-0.4, -0.2) is 33.5 Å². The van der Waals surface area contributed by atoms with E-state index in [4.69, 9.17) is 4.74 Å². The van der Waals surface area contributed by atoms with Crippen molar-refractivity contribution in [3.8, 4) is 5.75 Å². The van der Waals surface area contributed by atoms with E-state index < -0.39 is 15.8 Å². The fourth-order valence-electron chi connectivity index (χ4n) is 2.47. The van der Waals surface area contributed by atoms with Gasteiger partial charge in [0.05, 0.1) is 16.7 Å². The number of hydrogen-bond acceptors (Lipinski definition) is 4. The van der Waals surface area contributed by atoms with Gasteiger partial charge in [-0.3, -0.25) is 4.79 Å². The third-order valence-corrected chi connectivity index (χ3v) is 5.13. The molecule has 0 aromatic heterocycles. The minimum absolute atomic E-state index is 0.00466. The number of amides is 1. The SMILES string of the molecule is CC(=O)N(CCNS(=O)(=O)c1ccc(F)cc1)c1ccccc1OC(C)C. The minimum atomic E-state index is -3.80. The molecule has 0 radical (unpaired) electrons. The summed E-state index contributed by atoms with van der Waals surface area (Å²) in [7, 11) is -3.80. The van der Waals surface area contributed by atoms with E-state index >= 15 is 0 Å². The first kappa shape index (κ1) is 20.9. The molecule has 2 aromatic rings. The summed E-state index contributed by atoms with van der Waals surface area (Å²) >= 11 is 0. The van der Waals surface area contributed by atoms with Gasteiger partial charge in [-0.2, -0.15) is 0 Å². The molecular weight excluding hydrogens is 371 g/mol. The average molecular weight is 394 g/mol. The van der Waals surface area contributed by atoms with E-state index in [1.54, 1.807) is 24.3 Å². The molecule has 6 nitrogen and oxygen atoms in total. The van der Waals surface area contributed by atoms with E-state index in [0.29, 0.717) is 11.4 Å². The summed E-state index contributed by atoms with van der Waals surface area (Å²) in [5.41, 5.74) is 0.569. The standard InChI is InChI=1S/C19H23FN2O4S/c1-14(2)26-19-7-5-4-6-18(19)22(15(3)23)13-12-21-27(24,25)17-10-8-16(20)9-11-17/h4-11,14,21H,12-13H2,1-3H3. The predicted molar refractivity (Wildman–Crippen MR) is 102 cm³/mol. The summed E-state index contributed by atoms with van der Waals surface area (Å²) in [5.74, 6) is -0.210. The number of anilines is 1. The first-order valence-corrected chi connectivity index (χ1v) is 9.98. The summed E-state index contributed by atoms with van der Waals surface area (Å²) in [6.07, 6.45) is -0.0723. The van der Waals surface area contributed by atoms with Crippen LogP contribution in [-0.2, 0) is 14.8 Å². The largest absolute Gasteiger partial charge is 0.489 e. The van der Waals surface area contributed by atoms with E-state index in [2.05, 4.69) is 4.72 Å². The molecular formula is C19H23FN2O4S. The maximum Gasteiger partial charge on any atom is 0.240 e. The van der Waals surface area contributed by atoms with Gasteiger partial charge in [0.15, 0.2) is 0 Å². The molecule has 0 heterocycles. The van der Waals surface area contributed by atoms with Crippen molar-refractivity contribution in [3.05, 3.63) is 54.3 Å². The Hall–Kier alpha value is -2.45. The topological polar surface area (TPSA) is 75.7 Å². The number of benzene rings is 2. The molecule has 8 heteroatoms. The van der Waals surface area contributed by atoms with Crippen molar-refractivity contribution in [3.63, 3.8) is 0 Å². The second-order valence-corrected chi connectivity index (χ2v) is 7.92. The molecule has 0 aliphatic carbocycles. The van der Waals surface area contributed by atoms with Crippen molar-refractivity contribution in [2.75, 3.05) is 18.0 Å². The second kappa shape index (κ2) is 8.96. The van der Waals surface area contributed by atoms with Gasteiger partial charge in [0.2, 0.25) is 15.9 Å². The van der Waals surface area contributed by atoms with Crippen molar-refractivity contribution in [1.82, 2.24) is 4.72 Å². The molecule has 0 saturated heterocycles. The number of para-hydroxylation sites is 2. The highest BCUT2D eigenvalue weighted by atomic mass is 32.2. The fourth-order valence-corrected chi connectivity index (χ4v) is 3.49. The zero-order chi connectivity index (χ0) is 20.0. The molecule has 1 N–H and O–H groups in total. The van der Waals surface area contributed by atoms with Crippen LogP contribution in [0.5, 0.6) is 5.75 Å². The summed E-state index contributed by atoms with van der Waals surface area (Å²) in [4.78, 5) is 13.5. The second-order valence-electron chi connectivity index (χ2n) is 6.16. The number of nitrogens with one attached hydrogen (secondary N) is 1. The lowest BCUT2D eigenvalue weighted by molar-refractivity contribution is -0.116. The lowest BCUT2D eigenvalue weighted by atomic mass is 10.2. The molecule has 2 rings (SSSR count). The van der Waals surface area contributed by atoms with Gasteiger partial charge in [-0.25, -0.2) is 17.5 Å². The van der Waals surface area contributed by atoms with Gasteiger partial charge in [-0.1, -0.05) is 12.1 Å². The Kier molecular flexibility index (Phi) is 6.92. The minimum Gasteiger partial charge on any atom is -0.489 e. The average Bonchev–Trinajstić information content (AvgIpc) is 2.59. The third kappa shape index (κ3) is 5.77. The van der Waals surface area contributed by atoms with Crippen molar-refractivity contribution in [2.24, 2.45) is 0 Å². The number of rotatable bonds is 8. The van der Waals surface area contributed by atoms with Gasteiger partial charge in [0.1, 0.15) is 11.6 Å². The molecule has 0 bridgehead atoms. The van der Waals surface area contributed by atoms with Crippen molar-refractivity contribution < 1.29 is 22.3 Å². The normalized spacial score (nSPS) is 11.4. The smallest absolute Gasteiger partial charge is 0.240 e. The Labute approximate surface area is 159 Å². The Bertz CT molecular complexity index is 883. The van der Waals surface area contributed by atoms with Gasteiger partial charge < -0.3 is 9.64 Å². The molecule has 146 valence electrons. The highest BCUT2D eigenvalue weighted by Gasteiger charge is 2.19. The zero-order valence-electron chi connectivity index (χ0n) is 15.5. The van der Waals surface area contributed by atoms with Crippen LogP contribution >= 0.6 is 0 Å². The summed E-state index contributed by atoms with van der Waals surface area (Å²) in [6.45, 7) is 5.28. The predicted octanol–water partition coefficient (Wildman–Crippen LogP) is 2.94. The molecule has 0 aliphatic heterocycles. The third-order valence-electron chi connectivity index (χ3n) is 3.65. The van der Waals surface area contributed by atoms with E-state index in [-0.39, 0.29) is 30.0 Å². The van der Waals surface area contributed by atoms with E-state index in [1.807, 2.05) is 13.8 Å². The van der Waals surface area contributed by atoms with E-state index in [0.717, 1.165) is 12.1 Å². The van der Waals surface area contributed by atoms with Crippen LogP contribution in [0.15, 0.2) is 53.4 Å². The van der Waals surface area contributed by atoms with Crippen LogP contribution in [0.1, 0.15) is 20.8 Å². The number of hydrogen-bond donors (Lipinski definition) is 1. The number of carbonyl (C=O) groups excluding carboxylic acids is 1. The molecule has 1 amide bonds. The molecule has 27 heavy (non-hydrogen) atoms. The first-order chi connectivity index (χ1) is 12.7. The number of ether oxygens (including phenoxy) is 1. The van der Waals surface area contributed by atoms with Gasteiger partial charge >= 0.3 is 0 Å². The molecule has 0 aliphatic rings. The van der Waals surface area contributed by atoms with E-state index in [9.17, 15) is 17.6 Å². The van der Waals surface area contributed by atoms with Crippen molar-refractivity contribution in [1.29, 1.82) is 0 Å². The lowest BCUT2D eigenvalue weighted by Gasteiger charge is -2.24. The van der Waals surface area contributed by atoms with Crippen molar-refractivity contribution in [2.45, 2.75) is 31.8 Å². The van der Waals surface area contributed by atoms with Gasteiger partial charge in [-0.05, 0) is 50.2 Å². The zero-order valence-corrected chi connectivity index (χ0v) is 16.3. The van der Waals surface area contributed by atoms with Gasteiger partial charge in [0.25, 0.3) is 0 Å². The Morgan fingerprint density at radius 2 is 1.78 bits per heavy atom. The molecule has 0 spiro atoms. The molecule has 2 aromatic carbocycles. The van der Waals surface area contributed by atoms with Crippen molar-refractivity contribution >= 4 is 21.6 Å². The van der Waals surface area contributed by atoms with Crippen LogP contribution in [0.2, 0.25) is 0 Å². The molecule has 0 unspecified atom stereocenters. The van der Waals surface area contributed by atoms with Crippen LogP contribution in [0.3, 0.4) is 0 Å². The Morgan fingerprint density at radius 3 is 2.37 bits per heavy atom. The summed E-state index contributed by atoms with van der Waals surface area (Å²) in [5, 5.41) is 0. The monoisotopic (exact) mass is 394 g/mol. The molecule has 0 saturated carbocycles.